The maximum atomic E-state index is 11.7. The third-order valence-corrected chi connectivity index (χ3v) is 2.45. The Hall–Kier alpha value is -0.970. The molecule has 1 rings (SSSR count). The molecule has 4 nitrogen and oxygen atoms in total. The van der Waals surface area contributed by atoms with Gasteiger partial charge in [-0.1, -0.05) is 30.3 Å². The Morgan fingerprint density at radius 3 is 2.17 bits per heavy atom. The van der Waals surface area contributed by atoms with Crippen LogP contribution in [0, 0.1) is 0 Å². The molecule has 5 heteroatoms. The van der Waals surface area contributed by atoms with E-state index in [4.69, 9.17) is 0 Å². The van der Waals surface area contributed by atoms with Gasteiger partial charge in [-0.3, -0.25) is 14.4 Å². The first-order chi connectivity index (χ1) is 8.06. The molecular weight excluding hydrogens is 241 g/mol. The predicted octanol–water partition coefficient (Wildman–Crippen LogP) is -1.58. The maximum absolute atomic E-state index is 11.7. The zero-order chi connectivity index (χ0) is 12.8. The Bertz CT molecular complexity index is 437. The van der Waals surface area contributed by atoms with Gasteiger partial charge in [-0.05, 0) is 6.92 Å². The molecule has 0 unspecified atom stereocenters. The summed E-state index contributed by atoms with van der Waals surface area (Å²) in [6.45, 7) is 3.41. The Labute approximate surface area is 130 Å². The number of likely N-dealkylation sites (N-methyl/N-ethyl adjacent to an activating group) is 1. The number of rotatable bonds is 5. The van der Waals surface area contributed by atoms with E-state index in [0.717, 1.165) is 0 Å². The van der Waals surface area contributed by atoms with Gasteiger partial charge in [0.05, 0.1) is 6.54 Å². The number of Topliss-reactive ketones (excluding diaryl/α,β-unsaturated/α-hetero) is 2. The molecule has 1 aromatic carbocycles. The molecule has 0 spiro atoms. The zero-order valence-corrected chi connectivity index (χ0v) is 13.0. The number of hydrogen-bond acceptors (Lipinski definition) is 3. The second-order valence-corrected chi connectivity index (χ2v) is 3.65. The summed E-state index contributed by atoms with van der Waals surface area (Å²) in [5, 5.41) is 0. The molecule has 0 radical (unpaired) electrons. The van der Waals surface area contributed by atoms with Crippen LogP contribution in [0.2, 0.25) is 0 Å². The van der Waals surface area contributed by atoms with Gasteiger partial charge < -0.3 is 6.33 Å². The van der Waals surface area contributed by atoms with Crippen LogP contribution in [0.4, 0.5) is 0 Å². The molecule has 0 fully saturated rings. The molecule has 0 bridgehead atoms. The van der Waals surface area contributed by atoms with Crippen molar-refractivity contribution in [1.82, 2.24) is 4.90 Å². The normalized spacial score (nSPS) is 9.22. The molecule has 18 heavy (non-hydrogen) atoms. The Kier molecular flexibility index (Phi) is 7.75. The molecule has 0 aliphatic rings. The van der Waals surface area contributed by atoms with E-state index >= 15 is 0 Å². The van der Waals surface area contributed by atoms with Crippen molar-refractivity contribution in [3.63, 3.8) is 0 Å². The van der Waals surface area contributed by atoms with Gasteiger partial charge in [-0.2, -0.15) is 0 Å². The van der Waals surface area contributed by atoms with Crippen molar-refractivity contribution in [2.24, 2.45) is 0 Å². The third kappa shape index (κ3) is 4.72. The monoisotopic (exact) mass is 257 g/mol. The minimum atomic E-state index is -0.562. The standard InChI is InChI=1S/C13H15NO3.Na.H/c1-3-14(10(2)15)9-12(16)13(17)11-7-5-4-6-8-11;;/h4-8H,3,9H2,1-2H3;;/q;+1;-1. The Morgan fingerprint density at radius 1 is 1.17 bits per heavy atom. The summed E-state index contributed by atoms with van der Waals surface area (Å²) < 4.78 is 0. The molecule has 0 aliphatic carbocycles. The quantitative estimate of drug-likeness (QED) is 0.363. The molecular formula is C13H16NNaO3. The summed E-state index contributed by atoms with van der Waals surface area (Å²) in [7, 11) is 0. The summed E-state index contributed by atoms with van der Waals surface area (Å²) in [4.78, 5) is 35.9. The molecule has 0 saturated heterocycles. The van der Waals surface area contributed by atoms with Gasteiger partial charge in [-0.25, -0.2) is 0 Å². The van der Waals surface area contributed by atoms with Crippen LogP contribution in [-0.2, 0) is 9.59 Å². The molecule has 0 aromatic heterocycles. The van der Waals surface area contributed by atoms with Crippen LogP contribution in [-0.4, -0.2) is 35.5 Å². The number of ketones is 2. The van der Waals surface area contributed by atoms with Crippen LogP contribution in [0.5, 0.6) is 0 Å². The topological polar surface area (TPSA) is 54.5 Å². The fourth-order valence-corrected chi connectivity index (χ4v) is 1.44. The van der Waals surface area contributed by atoms with Crippen LogP contribution in [0.25, 0.3) is 0 Å². The van der Waals surface area contributed by atoms with E-state index in [2.05, 4.69) is 0 Å². The number of benzene rings is 1. The Morgan fingerprint density at radius 2 is 1.72 bits per heavy atom. The van der Waals surface area contributed by atoms with Crippen LogP contribution in [0.1, 0.15) is 25.6 Å². The van der Waals surface area contributed by atoms with Crippen LogP contribution in [0.3, 0.4) is 0 Å². The summed E-state index contributed by atoms with van der Waals surface area (Å²) in [5.41, 5.74) is 0.358. The van der Waals surface area contributed by atoms with E-state index in [1.54, 1.807) is 37.3 Å². The van der Waals surface area contributed by atoms with Crippen molar-refractivity contribution in [2.45, 2.75) is 13.8 Å². The molecule has 92 valence electrons. The average molecular weight is 257 g/mol. The van der Waals surface area contributed by atoms with Gasteiger partial charge in [0.2, 0.25) is 17.5 Å². The summed E-state index contributed by atoms with van der Waals surface area (Å²) in [5.74, 6) is -1.32. The summed E-state index contributed by atoms with van der Waals surface area (Å²) in [6.07, 6.45) is 0. The van der Waals surface area contributed by atoms with Crippen molar-refractivity contribution >= 4 is 17.5 Å². The minimum Gasteiger partial charge on any atom is -1.00 e. The molecule has 0 saturated carbocycles. The minimum absolute atomic E-state index is 0. The molecule has 0 heterocycles. The largest absolute Gasteiger partial charge is 1.00 e. The van der Waals surface area contributed by atoms with E-state index in [0.29, 0.717) is 12.1 Å². The first-order valence-electron chi connectivity index (χ1n) is 5.44. The number of carbonyl (C=O) groups excluding carboxylic acids is 3. The van der Waals surface area contributed by atoms with Gasteiger partial charge in [0.15, 0.2) is 0 Å². The summed E-state index contributed by atoms with van der Waals surface area (Å²) >= 11 is 0. The zero-order valence-electron chi connectivity index (χ0n) is 12.0. The van der Waals surface area contributed by atoms with Gasteiger partial charge in [0.25, 0.3) is 0 Å². The van der Waals surface area contributed by atoms with Gasteiger partial charge in [-0.15, -0.1) is 0 Å². The van der Waals surface area contributed by atoms with Gasteiger partial charge in [0, 0.05) is 19.0 Å². The number of hydrogen-bond donors (Lipinski definition) is 0. The molecule has 0 aliphatic heterocycles. The summed E-state index contributed by atoms with van der Waals surface area (Å²) in [6, 6.07) is 8.34. The van der Waals surface area contributed by atoms with Crippen LogP contribution < -0.4 is 29.6 Å². The SMILES string of the molecule is CCN(CC(=O)C(=O)c1ccccc1)C(C)=O.[H-].[Na+]. The molecule has 0 atom stereocenters. The predicted molar refractivity (Wildman–Crippen MR) is 64.8 cm³/mol. The third-order valence-electron chi connectivity index (χ3n) is 2.45. The molecule has 0 N–H and O–H groups in total. The number of amides is 1. The van der Waals surface area contributed by atoms with E-state index < -0.39 is 11.6 Å². The van der Waals surface area contributed by atoms with E-state index in [-0.39, 0.29) is 43.4 Å². The second-order valence-electron chi connectivity index (χ2n) is 3.65. The van der Waals surface area contributed by atoms with Crippen molar-refractivity contribution < 1.29 is 45.4 Å². The van der Waals surface area contributed by atoms with Crippen molar-refractivity contribution in [2.75, 3.05) is 13.1 Å². The van der Waals surface area contributed by atoms with Gasteiger partial charge >= 0.3 is 29.6 Å². The number of carbonyl (C=O) groups is 3. The fraction of sp³-hybridized carbons (Fsp3) is 0.308. The van der Waals surface area contributed by atoms with Crippen LogP contribution in [0.15, 0.2) is 30.3 Å². The maximum Gasteiger partial charge on any atom is 1.00 e. The molecule has 1 amide bonds. The van der Waals surface area contributed by atoms with Crippen molar-refractivity contribution in [3.8, 4) is 0 Å². The first kappa shape index (κ1) is 17.0. The van der Waals surface area contributed by atoms with Crippen molar-refractivity contribution in [3.05, 3.63) is 35.9 Å². The van der Waals surface area contributed by atoms with Crippen molar-refractivity contribution in [1.29, 1.82) is 0 Å². The smallest absolute Gasteiger partial charge is 1.00 e. The van der Waals surface area contributed by atoms with E-state index in [1.807, 2.05) is 0 Å². The van der Waals surface area contributed by atoms with Crippen LogP contribution >= 0.6 is 0 Å². The van der Waals surface area contributed by atoms with Gasteiger partial charge in [0.1, 0.15) is 0 Å². The Balaban J connectivity index is 0. The average Bonchev–Trinajstić information content (AvgIpc) is 2.35. The molecule has 1 aromatic rings. The second kappa shape index (κ2) is 8.19. The van der Waals surface area contributed by atoms with E-state index in [9.17, 15) is 14.4 Å². The fourth-order valence-electron chi connectivity index (χ4n) is 1.44. The van der Waals surface area contributed by atoms with E-state index in [1.165, 1.54) is 11.8 Å². The first-order valence-corrected chi connectivity index (χ1v) is 5.44. The number of nitrogens with zero attached hydrogens (tertiary/aromatic N) is 1.